The van der Waals surface area contributed by atoms with E-state index in [1.807, 2.05) is 13.8 Å². The molecular weight excluding hydrogens is 430 g/mol. The fourth-order valence-electron chi connectivity index (χ4n) is 3.58. The van der Waals surface area contributed by atoms with Crippen LogP contribution in [0.25, 0.3) is 5.76 Å². The molecule has 1 saturated heterocycles. The van der Waals surface area contributed by atoms with Gasteiger partial charge in [0.15, 0.2) is 5.13 Å². The Morgan fingerprint density at radius 2 is 1.81 bits per heavy atom. The molecule has 2 aromatic carbocycles. The van der Waals surface area contributed by atoms with Crippen molar-refractivity contribution >= 4 is 39.6 Å². The van der Waals surface area contributed by atoms with Crippen LogP contribution in [0.1, 0.15) is 33.3 Å². The summed E-state index contributed by atoms with van der Waals surface area (Å²) < 4.78 is 0. The molecule has 162 valence electrons. The fourth-order valence-corrected chi connectivity index (χ4v) is 4.52. The number of benzene rings is 2. The number of nitrogens with zero attached hydrogens (tertiary/aromatic N) is 3. The Morgan fingerprint density at radius 3 is 2.41 bits per heavy atom. The van der Waals surface area contributed by atoms with Crippen molar-refractivity contribution in [2.24, 2.45) is 0 Å². The number of rotatable bonds is 4. The van der Waals surface area contributed by atoms with Gasteiger partial charge in [-0.3, -0.25) is 24.6 Å². The molecule has 1 aliphatic rings. The minimum Gasteiger partial charge on any atom is -0.507 e. The van der Waals surface area contributed by atoms with Gasteiger partial charge in [0.25, 0.3) is 11.5 Å². The van der Waals surface area contributed by atoms with Crippen molar-refractivity contribution in [3.05, 3.63) is 91.5 Å². The van der Waals surface area contributed by atoms with E-state index in [1.54, 1.807) is 37.3 Å². The molecule has 0 aliphatic carbocycles. The number of hydrogen-bond acceptors (Lipinski definition) is 7. The van der Waals surface area contributed by atoms with E-state index in [9.17, 15) is 24.8 Å². The second-order valence-corrected chi connectivity index (χ2v) is 8.71. The lowest BCUT2D eigenvalue weighted by Crippen LogP contribution is -2.29. The van der Waals surface area contributed by atoms with E-state index in [0.717, 1.165) is 10.4 Å². The Balaban J connectivity index is 1.97. The van der Waals surface area contributed by atoms with Gasteiger partial charge in [0, 0.05) is 22.6 Å². The quantitative estimate of drug-likeness (QED) is 0.205. The summed E-state index contributed by atoms with van der Waals surface area (Å²) in [5.41, 5.74) is 2.06. The van der Waals surface area contributed by atoms with Crippen LogP contribution in [-0.2, 0) is 9.59 Å². The molecule has 1 atom stereocenters. The molecule has 0 radical (unpaired) electrons. The maximum atomic E-state index is 13.1. The predicted molar refractivity (Wildman–Crippen MR) is 121 cm³/mol. The highest BCUT2D eigenvalue weighted by molar-refractivity contribution is 7.16. The molecule has 1 N–H and O–H groups in total. The van der Waals surface area contributed by atoms with Crippen LogP contribution in [-0.4, -0.2) is 26.7 Å². The third kappa shape index (κ3) is 3.56. The first-order valence-corrected chi connectivity index (χ1v) is 10.6. The second kappa shape index (κ2) is 8.01. The van der Waals surface area contributed by atoms with Crippen LogP contribution in [0, 0.1) is 30.9 Å². The number of amides is 1. The highest BCUT2D eigenvalue weighted by Gasteiger charge is 2.48. The van der Waals surface area contributed by atoms with Gasteiger partial charge in [-0.15, -0.1) is 11.3 Å². The highest BCUT2D eigenvalue weighted by atomic mass is 32.1. The average Bonchev–Trinajstić information content (AvgIpc) is 3.23. The van der Waals surface area contributed by atoms with E-state index in [0.29, 0.717) is 22.0 Å². The first-order valence-electron chi connectivity index (χ1n) is 9.75. The summed E-state index contributed by atoms with van der Waals surface area (Å²) in [7, 11) is 0. The van der Waals surface area contributed by atoms with Gasteiger partial charge in [-0.25, -0.2) is 4.98 Å². The first kappa shape index (κ1) is 21.4. The molecule has 3 aromatic rings. The van der Waals surface area contributed by atoms with E-state index in [2.05, 4.69) is 4.98 Å². The third-order valence-corrected chi connectivity index (χ3v) is 6.46. The van der Waals surface area contributed by atoms with E-state index >= 15 is 0 Å². The number of aliphatic hydroxyl groups excluding tert-OH is 1. The Labute approximate surface area is 187 Å². The summed E-state index contributed by atoms with van der Waals surface area (Å²) in [5.74, 6) is -2.05. The lowest BCUT2D eigenvalue weighted by atomic mass is 9.95. The average molecular weight is 449 g/mol. The molecule has 2 heterocycles. The number of nitro benzene ring substituents is 1. The number of aliphatic hydroxyl groups is 1. The molecule has 32 heavy (non-hydrogen) atoms. The van der Waals surface area contributed by atoms with Gasteiger partial charge in [-0.05, 0) is 26.3 Å². The fraction of sp³-hybridized carbons (Fsp3) is 0.174. The standard InChI is InChI=1S/C23H19N3O5S/c1-12-7-9-15(10-8-12)20(27)18-19(16-5-4-6-17(11-16)26(30)31)25(22(29)21(18)28)23-24-13(2)14(3)32-23/h4-11,19,27H,1-3H3. The summed E-state index contributed by atoms with van der Waals surface area (Å²) in [6.07, 6.45) is 0. The number of aromatic nitrogens is 1. The van der Waals surface area contributed by atoms with Gasteiger partial charge in [0.1, 0.15) is 5.76 Å². The zero-order chi connectivity index (χ0) is 23.2. The van der Waals surface area contributed by atoms with Gasteiger partial charge in [-0.2, -0.15) is 0 Å². The number of aryl methyl sites for hydroxylation is 3. The van der Waals surface area contributed by atoms with Crippen LogP contribution < -0.4 is 4.90 Å². The molecular formula is C23H19N3O5S. The van der Waals surface area contributed by atoms with E-state index in [4.69, 9.17) is 0 Å². The van der Waals surface area contributed by atoms with Crippen molar-refractivity contribution in [3.8, 4) is 0 Å². The van der Waals surface area contributed by atoms with E-state index in [-0.39, 0.29) is 17.0 Å². The number of carbonyl (C=O) groups is 2. The smallest absolute Gasteiger partial charge is 0.301 e. The summed E-state index contributed by atoms with van der Waals surface area (Å²) in [6.45, 7) is 5.53. The molecule has 8 nitrogen and oxygen atoms in total. The molecule has 9 heteroatoms. The normalized spacial score (nSPS) is 17.7. The number of nitro groups is 1. The SMILES string of the molecule is Cc1ccc(C(O)=C2C(=O)C(=O)N(c3nc(C)c(C)s3)C2c2cccc([N+](=O)[O-])c2)cc1. The summed E-state index contributed by atoms with van der Waals surface area (Å²) in [5, 5.41) is 22.7. The Bertz CT molecular complexity index is 1270. The molecule has 0 bridgehead atoms. The monoisotopic (exact) mass is 449 g/mol. The minimum absolute atomic E-state index is 0.134. The summed E-state index contributed by atoms with van der Waals surface area (Å²) >= 11 is 1.24. The summed E-state index contributed by atoms with van der Waals surface area (Å²) in [4.78, 5) is 43.5. The lowest BCUT2D eigenvalue weighted by Gasteiger charge is -2.22. The van der Waals surface area contributed by atoms with Crippen LogP contribution in [0.5, 0.6) is 0 Å². The summed E-state index contributed by atoms with van der Waals surface area (Å²) in [6, 6.07) is 11.5. The van der Waals surface area contributed by atoms with Crippen LogP contribution in [0.15, 0.2) is 54.1 Å². The predicted octanol–water partition coefficient (Wildman–Crippen LogP) is 4.60. The number of ketones is 1. The molecule has 1 aromatic heterocycles. The molecule has 1 amide bonds. The maximum Gasteiger partial charge on any atom is 0.301 e. The van der Waals surface area contributed by atoms with Gasteiger partial charge >= 0.3 is 5.91 Å². The first-order chi connectivity index (χ1) is 15.2. The minimum atomic E-state index is -1.05. The van der Waals surface area contributed by atoms with Gasteiger partial charge in [0.05, 0.1) is 22.2 Å². The zero-order valence-electron chi connectivity index (χ0n) is 17.5. The second-order valence-electron chi connectivity index (χ2n) is 7.53. The topological polar surface area (TPSA) is 114 Å². The van der Waals surface area contributed by atoms with E-state index in [1.165, 1.54) is 34.4 Å². The molecule has 0 saturated carbocycles. The highest BCUT2D eigenvalue weighted by Crippen LogP contribution is 2.44. The van der Waals surface area contributed by atoms with Gasteiger partial charge in [0.2, 0.25) is 0 Å². The van der Waals surface area contributed by atoms with Crippen LogP contribution in [0.3, 0.4) is 0 Å². The number of anilines is 1. The van der Waals surface area contributed by atoms with Gasteiger partial charge in [-0.1, -0.05) is 42.0 Å². The van der Waals surface area contributed by atoms with Gasteiger partial charge < -0.3 is 5.11 Å². The number of carbonyl (C=O) groups excluding carboxylic acids is 2. The van der Waals surface area contributed by atoms with Crippen molar-refractivity contribution in [1.82, 2.24) is 4.98 Å². The number of non-ortho nitro benzene ring substituents is 1. The molecule has 0 spiro atoms. The lowest BCUT2D eigenvalue weighted by molar-refractivity contribution is -0.384. The maximum absolute atomic E-state index is 13.1. The number of thiazole rings is 1. The van der Waals surface area contributed by atoms with Crippen LogP contribution in [0.2, 0.25) is 0 Å². The van der Waals surface area contributed by atoms with Crippen LogP contribution >= 0.6 is 11.3 Å². The molecule has 1 fully saturated rings. The third-order valence-electron chi connectivity index (χ3n) is 5.39. The number of hydrogen-bond donors (Lipinski definition) is 1. The van der Waals surface area contributed by atoms with E-state index < -0.39 is 22.7 Å². The Kier molecular flexibility index (Phi) is 5.35. The molecule has 1 unspecified atom stereocenters. The molecule has 1 aliphatic heterocycles. The molecule has 4 rings (SSSR count). The Morgan fingerprint density at radius 1 is 1.12 bits per heavy atom. The largest absolute Gasteiger partial charge is 0.507 e. The Hall–Kier alpha value is -3.85. The van der Waals surface area contributed by atoms with Crippen molar-refractivity contribution in [3.63, 3.8) is 0 Å². The van der Waals surface area contributed by atoms with Crippen molar-refractivity contribution in [2.75, 3.05) is 4.90 Å². The van der Waals surface area contributed by atoms with Crippen molar-refractivity contribution in [1.29, 1.82) is 0 Å². The zero-order valence-corrected chi connectivity index (χ0v) is 18.3. The van der Waals surface area contributed by atoms with Crippen LogP contribution in [0.4, 0.5) is 10.8 Å². The van der Waals surface area contributed by atoms with Crippen molar-refractivity contribution in [2.45, 2.75) is 26.8 Å². The number of Topliss-reactive ketones (excluding diaryl/α,β-unsaturated/α-hetero) is 1. The van der Waals surface area contributed by atoms with Crippen molar-refractivity contribution < 1.29 is 19.6 Å².